The quantitative estimate of drug-likeness (QED) is 0.0178. The molecule has 2 aliphatic heterocycles. The average Bonchev–Trinajstić information content (AvgIpc) is 3.34. The van der Waals surface area contributed by atoms with Crippen LogP contribution < -0.4 is 42.5 Å². The Morgan fingerprint density at radius 2 is 1.00 bits per heavy atom. The van der Waals surface area contributed by atoms with Gasteiger partial charge in [0.25, 0.3) is 10.1 Å². The lowest BCUT2D eigenvalue weighted by Gasteiger charge is -2.34. The number of rotatable bonds is 20. The Morgan fingerprint density at radius 1 is 0.574 bits per heavy atom. The van der Waals surface area contributed by atoms with Crippen molar-refractivity contribution in [2.24, 2.45) is 0 Å². The Morgan fingerprint density at radius 3 is 1.44 bits per heavy atom. The minimum Gasteiger partial charge on any atom is -0.357 e. The third kappa shape index (κ3) is 13.1. The number of hydrogen-bond acceptors (Lipinski definition) is 20. The topological polar surface area (TPSA) is 287 Å². The number of piperazine rings is 2. The van der Waals surface area contributed by atoms with Crippen molar-refractivity contribution in [3.63, 3.8) is 0 Å². The molecule has 2 saturated heterocycles. The molecule has 22 nitrogen and oxygen atoms in total. The maximum Gasteiger partial charge on any atom is 0.295 e. The predicted octanol–water partition coefficient (Wildman–Crippen LogP) is 3.60. The molecule has 68 heavy (non-hydrogen) atoms. The van der Waals surface area contributed by atoms with E-state index in [1.165, 1.54) is 12.1 Å². The highest BCUT2D eigenvalue weighted by Gasteiger charge is 2.23. The van der Waals surface area contributed by atoms with Crippen LogP contribution in [0.4, 0.5) is 58.4 Å². The lowest BCUT2D eigenvalue weighted by molar-refractivity contribution is -0.432. The first-order valence-corrected chi connectivity index (χ1v) is 24.1. The molecule has 0 amide bonds. The van der Waals surface area contributed by atoms with Gasteiger partial charge in [0.1, 0.15) is 4.90 Å². The number of nitrogens with one attached hydrogen (secondary N) is 4. The van der Waals surface area contributed by atoms with Crippen molar-refractivity contribution < 1.29 is 39.1 Å². The standard InChI is InChI=1S/C44H52N16O6S2/c45-17-19-57-21-25-59(26-22-57)43-53-39(47-33-7-3-1-4-8-33)51-41(55-43)49-35-15-13-31(37(29-35)67-66-65-61)11-12-32-14-16-36(30-38(32)68(62,63)64)50-42-52-40(48-34-9-5-2-6-10-34)54-44(56-42)60-27-23-58(20-18-46)24-28-60/h1-16,29-30,61H,17-28,45-46H2,(H,62,63,64)(H2,47,49,51,53,55)(H2,48,50,52,54,56)/p+2/b12-11+. The minimum absolute atomic E-state index is 0.167. The molecule has 12 N–H and O–H groups in total. The van der Waals surface area contributed by atoms with E-state index in [0.29, 0.717) is 70.8 Å². The molecule has 0 unspecified atom stereocenters. The van der Waals surface area contributed by atoms with E-state index in [9.17, 15) is 13.0 Å². The Labute approximate surface area is 397 Å². The maximum absolute atomic E-state index is 12.9. The molecule has 2 aromatic heterocycles. The number of hydrogen-bond donors (Lipinski definition) is 8. The van der Waals surface area contributed by atoms with E-state index in [1.807, 2.05) is 60.7 Å². The van der Waals surface area contributed by atoms with Crippen LogP contribution in [-0.2, 0) is 19.5 Å². The largest absolute Gasteiger partial charge is 0.357 e. The van der Waals surface area contributed by atoms with Crippen LogP contribution in [0, 0.1) is 0 Å². The fourth-order valence-corrected chi connectivity index (χ4v) is 8.83. The fourth-order valence-electron chi connectivity index (χ4n) is 7.61. The monoisotopic (exact) mass is 966 g/mol. The van der Waals surface area contributed by atoms with Gasteiger partial charge in [-0.1, -0.05) is 65.7 Å². The molecule has 8 rings (SSSR count). The molecule has 4 aromatic carbocycles. The van der Waals surface area contributed by atoms with Gasteiger partial charge < -0.3 is 42.5 Å². The summed E-state index contributed by atoms with van der Waals surface area (Å²) in [5.41, 5.74) is 11.1. The molecule has 0 aliphatic carbocycles. The van der Waals surface area contributed by atoms with Crippen LogP contribution in [0.25, 0.3) is 12.2 Å². The first-order valence-electron chi connectivity index (χ1n) is 21.9. The molecule has 356 valence electrons. The second kappa shape index (κ2) is 22.9. The molecule has 0 atom stereocenters. The fraction of sp³-hybridized carbons (Fsp3) is 0.273. The molecule has 2 fully saturated rings. The number of benzene rings is 4. The van der Waals surface area contributed by atoms with Gasteiger partial charge in [0, 0.05) is 93.1 Å². The first-order chi connectivity index (χ1) is 33.1. The van der Waals surface area contributed by atoms with Crippen LogP contribution in [0.3, 0.4) is 0 Å². The number of nitrogens with zero attached hydrogens (tertiary/aromatic N) is 10. The summed E-state index contributed by atoms with van der Waals surface area (Å²) in [5, 5.41) is 25.9. The van der Waals surface area contributed by atoms with Crippen molar-refractivity contribution in [2.75, 3.05) is 110 Å². The van der Waals surface area contributed by atoms with Gasteiger partial charge in [0.15, 0.2) is 0 Å². The smallest absolute Gasteiger partial charge is 0.295 e. The van der Waals surface area contributed by atoms with Gasteiger partial charge in [-0.3, -0.25) is 14.4 Å². The molecule has 0 bridgehead atoms. The number of anilines is 10. The van der Waals surface area contributed by atoms with E-state index < -0.39 is 10.1 Å². The molecular formula is C44H54N16O6S2+2. The van der Waals surface area contributed by atoms with Gasteiger partial charge >= 0.3 is 0 Å². The zero-order chi connectivity index (χ0) is 47.3. The van der Waals surface area contributed by atoms with E-state index >= 15 is 0 Å². The van der Waals surface area contributed by atoms with Gasteiger partial charge in [-0.15, -0.1) is 4.33 Å². The lowest BCUT2D eigenvalue weighted by Crippen LogP contribution is -2.57. The average molecular weight is 967 g/mol. The Balaban J connectivity index is 1.04. The van der Waals surface area contributed by atoms with Crippen LogP contribution in [0.5, 0.6) is 0 Å². The number of aromatic nitrogens is 6. The summed E-state index contributed by atoms with van der Waals surface area (Å²) in [6.45, 7) is 9.72. The normalized spacial score (nSPS) is 14.9. The van der Waals surface area contributed by atoms with Crippen LogP contribution in [0.1, 0.15) is 11.1 Å². The summed E-state index contributed by atoms with van der Waals surface area (Å²) in [6.07, 6.45) is 3.17. The van der Waals surface area contributed by atoms with E-state index in [1.54, 1.807) is 36.4 Å². The van der Waals surface area contributed by atoms with Gasteiger partial charge in [-0.2, -0.15) is 38.3 Å². The van der Waals surface area contributed by atoms with Crippen molar-refractivity contribution in [2.45, 2.75) is 9.79 Å². The van der Waals surface area contributed by atoms with E-state index in [0.717, 1.165) is 76.8 Å². The molecule has 0 spiro atoms. The second-order valence-electron chi connectivity index (χ2n) is 15.7. The first kappa shape index (κ1) is 47.9. The SMILES string of the molecule is [NH3+]CCN1CCN(c2nc(Nc3ccccc3)nc(Nc3ccc(/C=C/c4ccc(Nc5nc(Nc6ccccc6)nc(N6CCN(CC[NH3+])CC6)n5)cc4S(=O)(=O)O)c(SOOO)c3)n2)CC1. The Hall–Kier alpha value is -6.58. The summed E-state index contributed by atoms with van der Waals surface area (Å²) in [4.78, 5) is 37.2. The van der Waals surface area contributed by atoms with Crippen molar-refractivity contribution in [3.05, 3.63) is 108 Å². The third-order valence-electron chi connectivity index (χ3n) is 11.0. The van der Waals surface area contributed by atoms with E-state index in [4.69, 9.17) is 29.5 Å². The molecule has 0 saturated carbocycles. The van der Waals surface area contributed by atoms with Crippen LogP contribution in [0.15, 0.2) is 107 Å². The van der Waals surface area contributed by atoms with Gasteiger partial charge in [-0.25, -0.2) is 5.26 Å². The Kier molecular flexibility index (Phi) is 16.2. The number of para-hydroxylation sites is 2. The van der Waals surface area contributed by atoms with Gasteiger partial charge in [0.05, 0.1) is 25.1 Å². The predicted molar refractivity (Wildman–Crippen MR) is 261 cm³/mol. The third-order valence-corrected chi connectivity index (χ3v) is 12.6. The molecule has 6 aromatic rings. The second-order valence-corrected chi connectivity index (χ2v) is 17.8. The van der Waals surface area contributed by atoms with Crippen LogP contribution in [-0.4, -0.2) is 136 Å². The van der Waals surface area contributed by atoms with Gasteiger partial charge in [-0.05, 0) is 59.7 Å². The highest BCUT2D eigenvalue weighted by Crippen LogP contribution is 2.32. The van der Waals surface area contributed by atoms with Crippen molar-refractivity contribution in [3.8, 4) is 0 Å². The van der Waals surface area contributed by atoms with Crippen molar-refractivity contribution in [1.82, 2.24) is 39.7 Å². The van der Waals surface area contributed by atoms with Crippen LogP contribution >= 0.6 is 12.0 Å². The van der Waals surface area contributed by atoms with E-state index in [-0.39, 0.29) is 22.4 Å². The highest BCUT2D eigenvalue weighted by atomic mass is 32.2. The van der Waals surface area contributed by atoms with Crippen LogP contribution in [0.2, 0.25) is 0 Å². The highest BCUT2D eigenvalue weighted by molar-refractivity contribution is 7.94. The van der Waals surface area contributed by atoms with Gasteiger partial charge in [0.2, 0.25) is 35.7 Å². The summed E-state index contributed by atoms with van der Waals surface area (Å²) in [6, 6.07) is 28.8. The molecule has 2 aliphatic rings. The zero-order valence-electron chi connectivity index (χ0n) is 37.1. The number of quaternary nitrogens is 2. The minimum atomic E-state index is -4.74. The molecule has 0 radical (unpaired) electrons. The summed E-state index contributed by atoms with van der Waals surface area (Å²) >= 11 is 0.714. The molecular weight excluding hydrogens is 913 g/mol. The zero-order valence-corrected chi connectivity index (χ0v) is 38.7. The summed E-state index contributed by atoms with van der Waals surface area (Å²) in [7, 11) is -4.74. The van der Waals surface area contributed by atoms with E-state index in [2.05, 4.69) is 67.3 Å². The summed E-state index contributed by atoms with van der Waals surface area (Å²) in [5.74, 6) is 2.05. The van der Waals surface area contributed by atoms with Crippen molar-refractivity contribution in [1.29, 1.82) is 0 Å². The van der Waals surface area contributed by atoms with Crippen molar-refractivity contribution >= 4 is 92.8 Å². The summed E-state index contributed by atoms with van der Waals surface area (Å²) < 4.78 is 41.1. The molecule has 24 heteroatoms. The lowest BCUT2D eigenvalue weighted by atomic mass is 10.1. The molecule has 4 heterocycles. The maximum atomic E-state index is 12.9. The Bertz CT molecular complexity index is 2750.